The summed E-state index contributed by atoms with van der Waals surface area (Å²) in [7, 11) is 0. The molecule has 2 heterocycles. The van der Waals surface area contributed by atoms with Crippen LogP contribution in [0.4, 0.5) is 0 Å². The number of carboxylic acids is 1. The third-order valence-electron chi connectivity index (χ3n) is 4.65. The largest absolute Gasteiger partial charge is 0.493 e. The molecule has 0 fully saturated rings. The van der Waals surface area contributed by atoms with Crippen molar-refractivity contribution in [1.82, 2.24) is 9.78 Å². The number of fused-ring (bicyclic) bond motifs is 1. The molecule has 1 N–H and O–H groups in total. The maximum atomic E-state index is 10.9. The number of nitrogens with zero attached hydrogens (tertiary/aromatic N) is 2. The molecule has 1 aliphatic rings. The smallest absolute Gasteiger partial charge is 0.328 e. The highest BCUT2D eigenvalue weighted by Gasteiger charge is 2.20. The van der Waals surface area contributed by atoms with E-state index in [0.29, 0.717) is 37.5 Å². The lowest BCUT2D eigenvalue weighted by atomic mass is 10.1. The third kappa shape index (κ3) is 5.00. The Hall–Kier alpha value is -3.74. The normalized spacial score (nSPS) is 15.3. The first kappa shape index (κ1) is 19.6. The summed E-state index contributed by atoms with van der Waals surface area (Å²) in [6, 6.07) is 15.2. The second kappa shape index (κ2) is 9.17. The number of hydrogen-bond donors (Lipinski definition) is 1. The summed E-state index contributed by atoms with van der Waals surface area (Å²) >= 11 is 0. The van der Waals surface area contributed by atoms with Gasteiger partial charge >= 0.3 is 5.97 Å². The minimum absolute atomic E-state index is 0.106. The summed E-state index contributed by atoms with van der Waals surface area (Å²) in [4.78, 5) is 10.9. The van der Waals surface area contributed by atoms with Crippen molar-refractivity contribution in [2.24, 2.45) is 0 Å². The van der Waals surface area contributed by atoms with Gasteiger partial charge in [0.2, 0.25) is 0 Å². The zero-order valence-corrected chi connectivity index (χ0v) is 16.3. The molecule has 1 aromatic heterocycles. The molecule has 0 bridgehead atoms. The van der Waals surface area contributed by atoms with Gasteiger partial charge in [-0.1, -0.05) is 24.3 Å². The molecule has 0 amide bonds. The van der Waals surface area contributed by atoms with E-state index in [1.165, 1.54) is 6.08 Å². The van der Waals surface area contributed by atoms with Crippen LogP contribution in [0.5, 0.6) is 17.2 Å². The van der Waals surface area contributed by atoms with Gasteiger partial charge in [0.1, 0.15) is 18.5 Å². The molecule has 7 heteroatoms. The average molecular weight is 406 g/mol. The predicted molar refractivity (Wildman–Crippen MR) is 111 cm³/mol. The molecule has 0 radical (unpaired) electrons. The van der Waals surface area contributed by atoms with Crippen LogP contribution >= 0.6 is 0 Å². The molecule has 1 unspecified atom stereocenters. The minimum atomic E-state index is -1.01. The van der Waals surface area contributed by atoms with Gasteiger partial charge in [0.25, 0.3) is 0 Å². The molecular weight excluding hydrogens is 384 g/mol. The Balaban J connectivity index is 1.42. The van der Waals surface area contributed by atoms with Gasteiger partial charge in [0.15, 0.2) is 11.5 Å². The van der Waals surface area contributed by atoms with E-state index >= 15 is 0 Å². The highest BCUT2D eigenvalue weighted by molar-refractivity contribution is 5.85. The Bertz CT molecular complexity index is 1030. The van der Waals surface area contributed by atoms with Crippen molar-refractivity contribution in [2.75, 3.05) is 13.2 Å². The van der Waals surface area contributed by atoms with Crippen LogP contribution in [0.3, 0.4) is 0 Å². The number of benzene rings is 2. The van der Waals surface area contributed by atoms with Crippen molar-refractivity contribution in [3.05, 3.63) is 78.1 Å². The standard InChI is InChI=1S/C23H22N2O5/c26-23(27)9-8-18-7-6-17(15-25-12-3-11-24-25)14-22(18)28-13-10-19-16-29-20-4-1-2-5-21(20)30-19/h1-9,11-12,14,19H,10,13,15-16H2,(H,26,27). The molecule has 30 heavy (non-hydrogen) atoms. The number of rotatable bonds is 8. The molecule has 0 saturated carbocycles. The number of para-hydroxylation sites is 2. The van der Waals surface area contributed by atoms with E-state index in [1.54, 1.807) is 6.20 Å². The minimum Gasteiger partial charge on any atom is -0.493 e. The number of hydrogen-bond acceptors (Lipinski definition) is 5. The maximum absolute atomic E-state index is 10.9. The van der Waals surface area contributed by atoms with Crippen molar-refractivity contribution in [2.45, 2.75) is 19.1 Å². The topological polar surface area (TPSA) is 82.8 Å². The Labute approximate surface area is 174 Å². The number of carboxylic acid groups (broad SMARTS) is 1. The molecule has 2 aromatic carbocycles. The number of aliphatic carboxylic acids is 1. The van der Waals surface area contributed by atoms with E-state index < -0.39 is 5.97 Å². The Morgan fingerprint density at radius 2 is 2.10 bits per heavy atom. The van der Waals surface area contributed by atoms with E-state index in [9.17, 15) is 4.79 Å². The van der Waals surface area contributed by atoms with Crippen LogP contribution in [0.2, 0.25) is 0 Å². The molecule has 4 rings (SSSR count). The summed E-state index contributed by atoms with van der Waals surface area (Å²) in [6.45, 7) is 1.48. The second-order valence-electron chi connectivity index (χ2n) is 6.88. The van der Waals surface area contributed by atoms with Crippen molar-refractivity contribution in [1.29, 1.82) is 0 Å². The first-order chi connectivity index (χ1) is 14.7. The molecule has 0 saturated heterocycles. The van der Waals surface area contributed by atoms with E-state index in [4.69, 9.17) is 19.3 Å². The molecule has 0 aliphatic carbocycles. The Kier molecular flexibility index (Phi) is 5.98. The number of carbonyl (C=O) groups is 1. The molecule has 7 nitrogen and oxygen atoms in total. The zero-order chi connectivity index (χ0) is 20.8. The van der Waals surface area contributed by atoms with Gasteiger partial charge in [-0.25, -0.2) is 4.79 Å². The van der Waals surface area contributed by atoms with Gasteiger partial charge in [-0.2, -0.15) is 5.10 Å². The highest BCUT2D eigenvalue weighted by atomic mass is 16.6. The molecular formula is C23H22N2O5. The van der Waals surface area contributed by atoms with Gasteiger partial charge in [0, 0.05) is 30.5 Å². The van der Waals surface area contributed by atoms with Crippen molar-refractivity contribution in [3.63, 3.8) is 0 Å². The SMILES string of the molecule is O=C(O)C=Cc1ccc(Cn2cccn2)cc1OCCC1COc2ccccc2O1. The van der Waals surface area contributed by atoms with E-state index in [0.717, 1.165) is 23.1 Å². The van der Waals surface area contributed by atoms with Crippen LogP contribution in [0.1, 0.15) is 17.5 Å². The molecule has 154 valence electrons. The lowest BCUT2D eigenvalue weighted by molar-refractivity contribution is -0.131. The fourth-order valence-corrected chi connectivity index (χ4v) is 3.19. The van der Waals surface area contributed by atoms with Crippen LogP contribution in [0.15, 0.2) is 67.0 Å². The molecule has 0 spiro atoms. The second-order valence-corrected chi connectivity index (χ2v) is 6.88. The van der Waals surface area contributed by atoms with Gasteiger partial charge in [-0.15, -0.1) is 0 Å². The summed E-state index contributed by atoms with van der Waals surface area (Å²) in [5.74, 6) is 1.10. The maximum Gasteiger partial charge on any atom is 0.328 e. The fourth-order valence-electron chi connectivity index (χ4n) is 3.19. The molecule has 3 aromatic rings. The fraction of sp³-hybridized carbons (Fsp3) is 0.217. The van der Waals surface area contributed by atoms with Crippen molar-refractivity contribution >= 4 is 12.0 Å². The van der Waals surface area contributed by atoms with Crippen LogP contribution in [-0.4, -0.2) is 40.2 Å². The zero-order valence-electron chi connectivity index (χ0n) is 16.3. The first-order valence-corrected chi connectivity index (χ1v) is 9.70. The van der Waals surface area contributed by atoms with Crippen LogP contribution < -0.4 is 14.2 Å². The van der Waals surface area contributed by atoms with Crippen LogP contribution in [0, 0.1) is 0 Å². The van der Waals surface area contributed by atoms with E-state index in [-0.39, 0.29) is 6.10 Å². The van der Waals surface area contributed by atoms with Gasteiger partial charge in [-0.05, 0) is 35.9 Å². The molecule has 1 atom stereocenters. The monoisotopic (exact) mass is 406 g/mol. The lowest BCUT2D eigenvalue weighted by Gasteiger charge is -2.26. The van der Waals surface area contributed by atoms with Gasteiger partial charge in [0.05, 0.1) is 13.2 Å². The lowest BCUT2D eigenvalue weighted by Crippen LogP contribution is -2.30. The van der Waals surface area contributed by atoms with Gasteiger partial charge in [-0.3, -0.25) is 4.68 Å². The van der Waals surface area contributed by atoms with Crippen molar-refractivity contribution in [3.8, 4) is 17.2 Å². The predicted octanol–water partition coefficient (Wildman–Crippen LogP) is 3.64. The van der Waals surface area contributed by atoms with Gasteiger partial charge < -0.3 is 19.3 Å². The van der Waals surface area contributed by atoms with Crippen LogP contribution in [-0.2, 0) is 11.3 Å². The Morgan fingerprint density at radius 3 is 2.90 bits per heavy atom. The summed E-state index contributed by atoms with van der Waals surface area (Å²) < 4.78 is 19.5. The van der Waals surface area contributed by atoms with Crippen LogP contribution in [0.25, 0.3) is 6.08 Å². The highest BCUT2D eigenvalue weighted by Crippen LogP contribution is 2.31. The quantitative estimate of drug-likeness (QED) is 0.575. The average Bonchev–Trinajstić information content (AvgIpc) is 3.26. The number of aromatic nitrogens is 2. The number of ether oxygens (including phenoxy) is 3. The van der Waals surface area contributed by atoms with Crippen molar-refractivity contribution < 1.29 is 24.1 Å². The van der Waals surface area contributed by atoms with E-state index in [2.05, 4.69) is 5.10 Å². The summed E-state index contributed by atoms with van der Waals surface area (Å²) in [6.07, 6.45) is 6.78. The first-order valence-electron chi connectivity index (χ1n) is 9.70. The third-order valence-corrected chi connectivity index (χ3v) is 4.65. The molecule has 1 aliphatic heterocycles. The summed E-state index contributed by atoms with van der Waals surface area (Å²) in [5.41, 5.74) is 1.71. The summed E-state index contributed by atoms with van der Waals surface area (Å²) in [5, 5.41) is 13.2. The van der Waals surface area contributed by atoms with E-state index in [1.807, 2.05) is 59.4 Å². The Morgan fingerprint density at radius 1 is 1.23 bits per heavy atom.